The maximum Gasteiger partial charge on any atom is 0.324 e. The summed E-state index contributed by atoms with van der Waals surface area (Å²) in [6, 6.07) is -0.653. The molecule has 0 radical (unpaired) electrons. The van der Waals surface area contributed by atoms with Gasteiger partial charge in [0.1, 0.15) is 6.04 Å². The fraction of sp³-hybridized carbons (Fsp3) is 0.714. The SMILES string of the molecule is CN(C)CC1C(=O)NC(=O)N1C. The molecule has 1 saturated heterocycles. The first-order chi connectivity index (χ1) is 5.52. The van der Waals surface area contributed by atoms with Crippen LogP contribution in [0.2, 0.25) is 0 Å². The largest absolute Gasteiger partial charge is 0.324 e. The van der Waals surface area contributed by atoms with Crippen LogP contribution in [0.5, 0.6) is 0 Å². The van der Waals surface area contributed by atoms with Gasteiger partial charge < -0.3 is 9.80 Å². The summed E-state index contributed by atoms with van der Waals surface area (Å²) in [4.78, 5) is 25.4. The first kappa shape index (κ1) is 8.99. The molecule has 1 aliphatic heterocycles. The van der Waals surface area contributed by atoms with Crippen molar-refractivity contribution in [2.45, 2.75) is 6.04 Å². The molecule has 0 aromatic rings. The van der Waals surface area contributed by atoms with Crippen LogP contribution in [0.15, 0.2) is 0 Å². The van der Waals surface area contributed by atoms with Crippen molar-refractivity contribution < 1.29 is 9.59 Å². The van der Waals surface area contributed by atoms with E-state index in [1.165, 1.54) is 4.90 Å². The molecule has 5 heteroatoms. The van der Waals surface area contributed by atoms with Crippen LogP contribution in [0.1, 0.15) is 0 Å². The Morgan fingerprint density at radius 3 is 2.42 bits per heavy atom. The number of likely N-dealkylation sites (N-methyl/N-ethyl adjacent to an activating group) is 2. The molecule has 1 heterocycles. The lowest BCUT2D eigenvalue weighted by Crippen LogP contribution is -2.39. The van der Waals surface area contributed by atoms with E-state index in [4.69, 9.17) is 0 Å². The van der Waals surface area contributed by atoms with Gasteiger partial charge in [0, 0.05) is 13.6 Å². The van der Waals surface area contributed by atoms with Gasteiger partial charge in [-0.05, 0) is 14.1 Å². The molecule has 0 spiro atoms. The van der Waals surface area contributed by atoms with Gasteiger partial charge in [0.15, 0.2) is 0 Å². The zero-order chi connectivity index (χ0) is 9.30. The van der Waals surface area contributed by atoms with Crippen molar-refractivity contribution in [3.8, 4) is 0 Å². The standard InChI is InChI=1S/C7H13N3O2/c1-9(2)4-5-6(11)8-7(12)10(5)3/h5H,4H2,1-3H3,(H,8,11,12). The zero-order valence-corrected chi connectivity index (χ0v) is 7.50. The molecule has 0 aromatic heterocycles. The summed E-state index contributed by atoms with van der Waals surface area (Å²) >= 11 is 0. The number of imide groups is 1. The van der Waals surface area contributed by atoms with Crippen LogP contribution in [0, 0.1) is 0 Å². The molecule has 1 aliphatic rings. The van der Waals surface area contributed by atoms with Gasteiger partial charge >= 0.3 is 6.03 Å². The number of amides is 3. The van der Waals surface area contributed by atoms with Gasteiger partial charge in [0.2, 0.25) is 0 Å². The van der Waals surface area contributed by atoms with Crippen LogP contribution in [0.25, 0.3) is 0 Å². The summed E-state index contributed by atoms with van der Waals surface area (Å²) in [5, 5.41) is 2.24. The minimum absolute atomic E-state index is 0.212. The maximum absolute atomic E-state index is 11.1. The number of hydrogen-bond acceptors (Lipinski definition) is 3. The normalized spacial score (nSPS) is 23.7. The second-order valence-electron chi connectivity index (χ2n) is 3.18. The van der Waals surface area contributed by atoms with Gasteiger partial charge in [-0.1, -0.05) is 0 Å². The summed E-state index contributed by atoms with van der Waals surface area (Å²) in [5.41, 5.74) is 0. The third kappa shape index (κ3) is 1.55. The molecule has 5 nitrogen and oxygen atoms in total. The Morgan fingerprint density at radius 1 is 1.50 bits per heavy atom. The number of urea groups is 1. The summed E-state index contributed by atoms with van der Waals surface area (Å²) in [6.45, 7) is 0.564. The molecular formula is C7H13N3O2. The van der Waals surface area contributed by atoms with Crippen molar-refractivity contribution in [2.75, 3.05) is 27.7 Å². The molecule has 1 atom stereocenters. The Morgan fingerprint density at radius 2 is 2.08 bits per heavy atom. The smallest absolute Gasteiger partial charge is 0.314 e. The van der Waals surface area contributed by atoms with Crippen LogP contribution in [-0.2, 0) is 4.79 Å². The Bertz CT molecular complexity index is 215. The third-order valence-electron chi connectivity index (χ3n) is 1.86. The van der Waals surface area contributed by atoms with E-state index >= 15 is 0 Å². The van der Waals surface area contributed by atoms with Gasteiger partial charge in [0.25, 0.3) is 5.91 Å². The Labute approximate surface area is 71.3 Å². The fourth-order valence-corrected chi connectivity index (χ4v) is 1.15. The zero-order valence-electron chi connectivity index (χ0n) is 7.50. The first-order valence-corrected chi connectivity index (χ1v) is 3.74. The molecule has 1 unspecified atom stereocenters. The van der Waals surface area contributed by atoms with E-state index in [0.717, 1.165) is 0 Å². The van der Waals surface area contributed by atoms with Gasteiger partial charge in [-0.15, -0.1) is 0 Å². The Kier molecular flexibility index (Phi) is 2.32. The molecule has 0 saturated carbocycles. The molecule has 0 aliphatic carbocycles. The lowest BCUT2D eigenvalue weighted by atomic mass is 10.2. The van der Waals surface area contributed by atoms with E-state index in [1.54, 1.807) is 7.05 Å². The molecule has 1 rings (SSSR count). The fourth-order valence-electron chi connectivity index (χ4n) is 1.15. The minimum Gasteiger partial charge on any atom is -0.314 e. The van der Waals surface area contributed by atoms with Crippen molar-refractivity contribution in [1.82, 2.24) is 15.1 Å². The van der Waals surface area contributed by atoms with Crippen molar-refractivity contribution in [3.63, 3.8) is 0 Å². The Balaban J connectivity index is 2.63. The molecular weight excluding hydrogens is 158 g/mol. The van der Waals surface area contributed by atoms with E-state index in [-0.39, 0.29) is 18.0 Å². The van der Waals surface area contributed by atoms with Gasteiger partial charge in [-0.2, -0.15) is 0 Å². The molecule has 0 aromatic carbocycles. The second-order valence-corrected chi connectivity index (χ2v) is 3.18. The Hall–Kier alpha value is -1.10. The topological polar surface area (TPSA) is 52.7 Å². The van der Waals surface area contributed by atoms with Crippen molar-refractivity contribution in [2.24, 2.45) is 0 Å². The summed E-state index contributed by atoms with van der Waals surface area (Å²) < 4.78 is 0. The lowest BCUT2D eigenvalue weighted by Gasteiger charge is -2.19. The van der Waals surface area contributed by atoms with E-state index in [9.17, 15) is 9.59 Å². The monoisotopic (exact) mass is 171 g/mol. The number of rotatable bonds is 2. The molecule has 68 valence electrons. The van der Waals surface area contributed by atoms with E-state index in [0.29, 0.717) is 6.54 Å². The second kappa shape index (κ2) is 3.10. The third-order valence-corrected chi connectivity index (χ3v) is 1.86. The van der Waals surface area contributed by atoms with E-state index in [1.807, 2.05) is 19.0 Å². The average Bonchev–Trinajstić information content (AvgIpc) is 2.16. The number of nitrogens with one attached hydrogen (secondary N) is 1. The van der Waals surface area contributed by atoms with Crippen molar-refractivity contribution in [3.05, 3.63) is 0 Å². The number of carbonyl (C=O) groups is 2. The van der Waals surface area contributed by atoms with Gasteiger partial charge in [-0.25, -0.2) is 4.79 Å². The number of carbonyl (C=O) groups excluding carboxylic acids is 2. The molecule has 12 heavy (non-hydrogen) atoms. The van der Waals surface area contributed by atoms with Crippen LogP contribution in [-0.4, -0.2) is 55.5 Å². The van der Waals surface area contributed by atoms with Crippen LogP contribution in [0.4, 0.5) is 4.79 Å². The summed E-state index contributed by atoms with van der Waals surface area (Å²) in [7, 11) is 5.35. The van der Waals surface area contributed by atoms with Gasteiger partial charge in [0.05, 0.1) is 0 Å². The van der Waals surface area contributed by atoms with Crippen LogP contribution < -0.4 is 5.32 Å². The minimum atomic E-state index is -0.340. The molecule has 0 bridgehead atoms. The average molecular weight is 171 g/mol. The van der Waals surface area contributed by atoms with E-state index < -0.39 is 0 Å². The highest BCUT2D eigenvalue weighted by Crippen LogP contribution is 2.05. The van der Waals surface area contributed by atoms with Crippen LogP contribution in [0.3, 0.4) is 0 Å². The molecule has 1 fully saturated rings. The number of hydrogen-bond donors (Lipinski definition) is 1. The number of nitrogens with zero attached hydrogens (tertiary/aromatic N) is 2. The van der Waals surface area contributed by atoms with Crippen molar-refractivity contribution in [1.29, 1.82) is 0 Å². The molecule has 3 amide bonds. The van der Waals surface area contributed by atoms with Crippen molar-refractivity contribution >= 4 is 11.9 Å². The lowest BCUT2D eigenvalue weighted by molar-refractivity contribution is -0.121. The quantitative estimate of drug-likeness (QED) is 0.548. The summed E-state index contributed by atoms with van der Waals surface area (Å²) in [6.07, 6.45) is 0. The summed E-state index contributed by atoms with van der Waals surface area (Å²) in [5.74, 6) is -0.212. The first-order valence-electron chi connectivity index (χ1n) is 3.74. The highest BCUT2D eigenvalue weighted by Gasteiger charge is 2.35. The molecule has 1 N–H and O–H groups in total. The highest BCUT2D eigenvalue weighted by molar-refractivity contribution is 6.04. The van der Waals surface area contributed by atoms with Crippen LogP contribution >= 0.6 is 0 Å². The predicted octanol–water partition coefficient (Wildman–Crippen LogP) is -0.902. The van der Waals surface area contributed by atoms with E-state index in [2.05, 4.69) is 5.32 Å². The highest BCUT2D eigenvalue weighted by atomic mass is 16.2. The predicted molar refractivity (Wildman–Crippen MR) is 43.6 cm³/mol. The van der Waals surface area contributed by atoms with Gasteiger partial charge in [-0.3, -0.25) is 10.1 Å². The maximum atomic E-state index is 11.1.